The lowest BCUT2D eigenvalue weighted by Crippen LogP contribution is -2.43. The summed E-state index contributed by atoms with van der Waals surface area (Å²) >= 11 is 0. The number of carbonyl (C=O) groups is 1. The largest absolute Gasteiger partial charge is 0.372 e. The standard InChI is InChI=1S/C14H19NO3/c1-2-17-11-14(16)15-8-9-18-13(10-15)12-6-4-3-5-7-12/h3-7,13H,2,8-11H2,1H3. The lowest BCUT2D eigenvalue weighted by atomic mass is 10.1. The van der Waals surface area contributed by atoms with Gasteiger partial charge in [0.05, 0.1) is 13.2 Å². The van der Waals surface area contributed by atoms with Crippen LogP contribution in [0.3, 0.4) is 0 Å². The summed E-state index contributed by atoms with van der Waals surface area (Å²) in [5.41, 5.74) is 1.12. The number of carbonyl (C=O) groups excluding carboxylic acids is 1. The second kappa shape index (κ2) is 6.52. The third-order valence-corrected chi connectivity index (χ3v) is 3.02. The maximum atomic E-state index is 11.9. The Bertz CT molecular complexity index is 380. The summed E-state index contributed by atoms with van der Waals surface area (Å²) in [7, 11) is 0. The molecule has 4 nitrogen and oxygen atoms in total. The van der Waals surface area contributed by atoms with Crippen molar-refractivity contribution < 1.29 is 14.3 Å². The third kappa shape index (κ3) is 3.31. The van der Waals surface area contributed by atoms with Crippen LogP contribution in [-0.4, -0.2) is 43.7 Å². The van der Waals surface area contributed by atoms with E-state index in [1.54, 1.807) is 0 Å². The minimum Gasteiger partial charge on any atom is -0.372 e. The molecule has 0 spiro atoms. The number of hydrogen-bond donors (Lipinski definition) is 0. The molecule has 0 N–H and O–H groups in total. The zero-order valence-corrected chi connectivity index (χ0v) is 10.7. The highest BCUT2D eigenvalue weighted by Crippen LogP contribution is 2.21. The van der Waals surface area contributed by atoms with Gasteiger partial charge < -0.3 is 14.4 Å². The fraction of sp³-hybridized carbons (Fsp3) is 0.500. The van der Waals surface area contributed by atoms with E-state index in [0.717, 1.165) is 5.56 Å². The molecule has 2 rings (SSSR count). The first-order chi connectivity index (χ1) is 8.81. The number of nitrogens with zero attached hydrogens (tertiary/aromatic N) is 1. The molecular formula is C14H19NO3. The number of ether oxygens (including phenoxy) is 2. The molecule has 0 bridgehead atoms. The molecule has 1 aliphatic rings. The zero-order valence-electron chi connectivity index (χ0n) is 10.7. The Morgan fingerprint density at radius 2 is 2.22 bits per heavy atom. The summed E-state index contributed by atoms with van der Waals surface area (Å²) in [6.45, 7) is 4.46. The Hall–Kier alpha value is -1.39. The number of benzene rings is 1. The van der Waals surface area contributed by atoms with E-state index in [4.69, 9.17) is 9.47 Å². The maximum absolute atomic E-state index is 11.9. The highest BCUT2D eigenvalue weighted by atomic mass is 16.5. The molecule has 1 heterocycles. The Labute approximate surface area is 107 Å². The summed E-state index contributed by atoms with van der Waals surface area (Å²) in [5, 5.41) is 0. The predicted molar refractivity (Wildman–Crippen MR) is 68.2 cm³/mol. The van der Waals surface area contributed by atoms with Crippen molar-refractivity contribution in [2.24, 2.45) is 0 Å². The summed E-state index contributed by atoms with van der Waals surface area (Å²) in [5.74, 6) is 0.0427. The number of amides is 1. The minimum absolute atomic E-state index is 0.0227. The fourth-order valence-corrected chi connectivity index (χ4v) is 2.03. The van der Waals surface area contributed by atoms with E-state index in [1.165, 1.54) is 0 Å². The lowest BCUT2D eigenvalue weighted by Gasteiger charge is -2.33. The topological polar surface area (TPSA) is 38.8 Å². The summed E-state index contributed by atoms with van der Waals surface area (Å²) in [4.78, 5) is 13.7. The Morgan fingerprint density at radius 3 is 2.94 bits per heavy atom. The van der Waals surface area contributed by atoms with E-state index in [2.05, 4.69) is 0 Å². The van der Waals surface area contributed by atoms with Crippen LogP contribution in [0.4, 0.5) is 0 Å². The number of hydrogen-bond acceptors (Lipinski definition) is 3. The Balaban J connectivity index is 1.94. The van der Waals surface area contributed by atoms with Crippen molar-refractivity contribution in [3.63, 3.8) is 0 Å². The van der Waals surface area contributed by atoms with E-state index in [9.17, 15) is 4.79 Å². The highest BCUT2D eigenvalue weighted by molar-refractivity contribution is 5.77. The second-order valence-corrected chi connectivity index (χ2v) is 4.25. The van der Waals surface area contributed by atoms with E-state index < -0.39 is 0 Å². The molecular weight excluding hydrogens is 230 g/mol. The van der Waals surface area contributed by atoms with Crippen molar-refractivity contribution in [3.05, 3.63) is 35.9 Å². The molecule has 4 heteroatoms. The van der Waals surface area contributed by atoms with Gasteiger partial charge >= 0.3 is 0 Å². The van der Waals surface area contributed by atoms with Crippen LogP contribution in [0.1, 0.15) is 18.6 Å². The van der Waals surface area contributed by atoms with Crippen LogP contribution in [0.5, 0.6) is 0 Å². The average Bonchev–Trinajstić information content (AvgIpc) is 2.46. The fourth-order valence-electron chi connectivity index (χ4n) is 2.03. The van der Waals surface area contributed by atoms with Gasteiger partial charge in [0.25, 0.3) is 0 Å². The monoisotopic (exact) mass is 249 g/mol. The number of rotatable bonds is 4. The molecule has 0 radical (unpaired) electrons. The smallest absolute Gasteiger partial charge is 0.248 e. The first-order valence-corrected chi connectivity index (χ1v) is 6.33. The van der Waals surface area contributed by atoms with Gasteiger partial charge in [-0.2, -0.15) is 0 Å². The average molecular weight is 249 g/mol. The van der Waals surface area contributed by atoms with Crippen LogP contribution in [0.25, 0.3) is 0 Å². The quantitative estimate of drug-likeness (QED) is 0.814. The van der Waals surface area contributed by atoms with E-state index in [1.807, 2.05) is 42.2 Å². The minimum atomic E-state index is -0.0227. The van der Waals surface area contributed by atoms with Gasteiger partial charge in [0.15, 0.2) is 0 Å². The molecule has 1 fully saturated rings. The van der Waals surface area contributed by atoms with E-state index in [-0.39, 0.29) is 18.6 Å². The molecule has 1 unspecified atom stereocenters. The summed E-state index contributed by atoms with van der Waals surface area (Å²) in [6.07, 6.45) is -0.0227. The third-order valence-electron chi connectivity index (χ3n) is 3.02. The molecule has 1 atom stereocenters. The normalized spacial score (nSPS) is 19.8. The second-order valence-electron chi connectivity index (χ2n) is 4.25. The van der Waals surface area contributed by atoms with Gasteiger partial charge in [-0.1, -0.05) is 30.3 Å². The Morgan fingerprint density at radius 1 is 1.44 bits per heavy atom. The first kappa shape index (κ1) is 13.1. The van der Waals surface area contributed by atoms with Crippen LogP contribution in [0.2, 0.25) is 0 Å². The maximum Gasteiger partial charge on any atom is 0.248 e. The van der Waals surface area contributed by atoms with Crippen molar-refractivity contribution in [2.45, 2.75) is 13.0 Å². The van der Waals surface area contributed by atoms with Crippen molar-refractivity contribution >= 4 is 5.91 Å². The molecule has 18 heavy (non-hydrogen) atoms. The number of morpholine rings is 1. The predicted octanol–water partition coefficient (Wildman–Crippen LogP) is 1.62. The van der Waals surface area contributed by atoms with Gasteiger partial charge in [-0.25, -0.2) is 0 Å². The van der Waals surface area contributed by atoms with Crippen molar-refractivity contribution in [3.8, 4) is 0 Å². The molecule has 1 aliphatic heterocycles. The van der Waals surface area contributed by atoms with Crippen LogP contribution in [-0.2, 0) is 14.3 Å². The lowest BCUT2D eigenvalue weighted by molar-refractivity contribution is -0.143. The van der Waals surface area contributed by atoms with E-state index in [0.29, 0.717) is 26.3 Å². The van der Waals surface area contributed by atoms with Gasteiger partial charge in [-0.3, -0.25) is 4.79 Å². The van der Waals surface area contributed by atoms with Crippen LogP contribution in [0, 0.1) is 0 Å². The molecule has 0 saturated carbocycles. The zero-order chi connectivity index (χ0) is 12.8. The SMILES string of the molecule is CCOCC(=O)N1CCOC(c2ccccc2)C1. The molecule has 0 aliphatic carbocycles. The first-order valence-electron chi connectivity index (χ1n) is 6.33. The van der Waals surface area contributed by atoms with Crippen LogP contribution < -0.4 is 0 Å². The molecule has 1 aromatic carbocycles. The van der Waals surface area contributed by atoms with Crippen molar-refractivity contribution in [2.75, 3.05) is 32.9 Å². The highest BCUT2D eigenvalue weighted by Gasteiger charge is 2.24. The van der Waals surface area contributed by atoms with Gasteiger partial charge in [-0.15, -0.1) is 0 Å². The molecule has 0 aromatic heterocycles. The van der Waals surface area contributed by atoms with Crippen molar-refractivity contribution in [1.82, 2.24) is 4.90 Å². The van der Waals surface area contributed by atoms with Gasteiger partial charge in [0.1, 0.15) is 12.7 Å². The van der Waals surface area contributed by atoms with Gasteiger partial charge in [0.2, 0.25) is 5.91 Å². The van der Waals surface area contributed by atoms with Crippen LogP contribution >= 0.6 is 0 Å². The van der Waals surface area contributed by atoms with E-state index >= 15 is 0 Å². The molecule has 1 saturated heterocycles. The van der Waals surface area contributed by atoms with Gasteiger partial charge in [0, 0.05) is 13.2 Å². The summed E-state index contributed by atoms with van der Waals surface area (Å²) in [6, 6.07) is 10.0. The molecule has 1 aromatic rings. The molecule has 1 amide bonds. The summed E-state index contributed by atoms with van der Waals surface area (Å²) < 4.78 is 10.9. The van der Waals surface area contributed by atoms with Gasteiger partial charge in [-0.05, 0) is 12.5 Å². The Kier molecular flexibility index (Phi) is 4.73. The van der Waals surface area contributed by atoms with Crippen molar-refractivity contribution in [1.29, 1.82) is 0 Å². The van der Waals surface area contributed by atoms with Crippen LogP contribution in [0.15, 0.2) is 30.3 Å². The molecule has 98 valence electrons.